The predicted octanol–water partition coefficient (Wildman–Crippen LogP) is 4.97. The minimum absolute atomic E-state index is 0.0245. The van der Waals surface area contributed by atoms with Gasteiger partial charge in [0.1, 0.15) is 11.5 Å². The van der Waals surface area contributed by atoms with E-state index in [1.165, 1.54) is 11.1 Å². The van der Waals surface area contributed by atoms with Gasteiger partial charge in [0.15, 0.2) is 0 Å². The monoisotopic (exact) mass is 387 g/mol. The van der Waals surface area contributed by atoms with Crippen molar-refractivity contribution in [3.05, 3.63) is 87.7 Å². The summed E-state index contributed by atoms with van der Waals surface area (Å²) in [6, 6.07) is 17.4. The molecule has 0 saturated carbocycles. The Morgan fingerprint density at radius 1 is 1.07 bits per heavy atom. The molecule has 1 aromatic heterocycles. The van der Waals surface area contributed by atoms with Crippen molar-refractivity contribution in [1.82, 2.24) is 0 Å². The molecule has 144 valence electrons. The molecule has 7 heteroatoms. The smallest absolute Gasteiger partial charge is 0.280 e. The summed E-state index contributed by atoms with van der Waals surface area (Å²) in [6.45, 7) is 3.54. The highest BCUT2D eigenvalue weighted by molar-refractivity contribution is 6.32. The number of nitro groups is 1. The molecule has 2 aromatic carbocycles. The van der Waals surface area contributed by atoms with E-state index in [0.29, 0.717) is 34.1 Å². The second kappa shape index (κ2) is 7.20. The zero-order chi connectivity index (χ0) is 20.5. The number of hydrogen-bond donors (Lipinski definition) is 0. The highest BCUT2D eigenvalue weighted by Crippen LogP contribution is 2.33. The van der Waals surface area contributed by atoms with Crippen LogP contribution in [0.15, 0.2) is 75.8 Å². The zero-order valence-corrected chi connectivity index (χ0v) is 15.8. The van der Waals surface area contributed by atoms with E-state index in [1.807, 2.05) is 18.2 Å². The molecule has 3 aromatic rings. The Morgan fingerprint density at radius 2 is 1.83 bits per heavy atom. The zero-order valence-electron chi connectivity index (χ0n) is 15.8. The molecule has 0 N–H and O–H groups in total. The number of furan rings is 1. The first-order valence-corrected chi connectivity index (χ1v) is 8.96. The van der Waals surface area contributed by atoms with Crippen LogP contribution in [0, 0.1) is 17.0 Å². The number of hydrogen-bond acceptors (Lipinski definition) is 5. The summed E-state index contributed by atoms with van der Waals surface area (Å²) >= 11 is 0. The Labute approximate surface area is 166 Å². The number of hydrazone groups is 1. The molecule has 0 fully saturated rings. The third kappa shape index (κ3) is 3.45. The van der Waals surface area contributed by atoms with Crippen LogP contribution < -0.4 is 5.01 Å². The van der Waals surface area contributed by atoms with Gasteiger partial charge in [-0.1, -0.05) is 24.3 Å². The molecule has 0 unspecified atom stereocenters. The molecule has 0 atom stereocenters. The van der Waals surface area contributed by atoms with Gasteiger partial charge in [-0.15, -0.1) is 0 Å². The van der Waals surface area contributed by atoms with Crippen molar-refractivity contribution in [2.45, 2.75) is 13.8 Å². The molecule has 7 nitrogen and oxygen atoms in total. The summed E-state index contributed by atoms with van der Waals surface area (Å²) in [4.78, 5) is 23.7. The Morgan fingerprint density at radius 3 is 2.55 bits per heavy atom. The molecular weight excluding hydrogens is 370 g/mol. The van der Waals surface area contributed by atoms with Crippen LogP contribution in [-0.2, 0) is 4.79 Å². The second-order valence-corrected chi connectivity index (χ2v) is 6.68. The minimum Gasteiger partial charge on any atom is -0.456 e. The fourth-order valence-corrected chi connectivity index (χ4v) is 3.15. The fourth-order valence-electron chi connectivity index (χ4n) is 3.15. The number of carbonyl (C=O) groups excluding carboxylic acids is 1. The topological polar surface area (TPSA) is 89.0 Å². The highest BCUT2D eigenvalue weighted by atomic mass is 16.6. The van der Waals surface area contributed by atoms with Gasteiger partial charge in [0.25, 0.3) is 11.6 Å². The number of carbonyl (C=O) groups is 1. The van der Waals surface area contributed by atoms with Crippen molar-refractivity contribution >= 4 is 29.1 Å². The van der Waals surface area contributed by atoms with E-state index in [1.54, 1.807) is 56.3 Å². The number of aryl methyl sites for hydroxylation is 1. The van der Waals surface area contributed by atoms with Crippen molar-refractivity contribution in [3.8, 4) is 11.3 Å². The number of anilines is 1. The number of para-hydroxylation sites is 1. The van der Waals surface area contributed by atoms with Crippen LogP contribution in [0.2, 0.25) is 0 Å². The number of benzene rings is 2. The van der Waals surface area contributed by atoms with E-state index in [0.717, 1.165) is 5.56 Å². The molecule has 0 radical (unpaired) electrons. The normalized spacial score (nSPS) is 15.1. The maximum Gasteiger partial charge on any atom is 0.280 e. The lowest BCUT2D eigenvalue weighted by Crippen LogP contribution is -2.21. The van der Waals surface area contributed by atoms with E-state index < -0.39 is 4.92 Å². The Balaban J connectivity index is 1.66. The standard InChI is InChI=1S/C22H17N3O4/c1-14-8-10-18(20(12-14)25(27)28)21-11-9-17(29-21)13-19-15(2)23-24(22(19)26)16-6-4-3-5-7-16/h3-13H,1-2H3. The van der Waals surface area contributed by atoms with Gasteiger partial charge in [-0.2, -0.15) is 10.1 Å². The van der Waals surface area contributed by atoms with Gasteiger partial charge in [-0.3, -0.25) is 14.9 Å². The molecule has 1 aliphatic rings. The summed E-state index contributed by atoms with van der Waals surface area (Å²) in [5.74, 6) is 0.527. The van der Waals surface area contributed by atoms with Gasteiger partial charge >= 0.3 is 0 Å². The van der Waals surface area contributed by atoms with E-state index in [4.69, 9.17) is 4.42 Å². The molecule has 0 spiro atoms. The number of nitro benzene ring substituents is 1. The molecule has 2 heterocycles. The van der Waals surface area contributed by atoms with Crippen LogP contribution in [0.4, 0.5) is 11.4 Å². The first kappa shape index (κ1) is 18.4. The minimum atomic E-state index is -0.433. The quantitative estimate of drug-likeness (QED) is 0.359. The van der Waals surface area contributed by atoms with Crippen molar-refractivity contribution < 1.29 is 14.1 Å². The molecule has 0 aliphatic carbocycles. The third-order valence-electron chi connectivity index (χ3n) is 4.59. The lowest BCUT2D eigenvalue weighted by molar-refractivity contribution is -0.384. The van der Waals surface area contributed by atoms with E-state index in [-0.39, 0.29) is 11.6 Å². The van der Waals surface area contributed by atoms with Crippen molar-refractivity contribution in [2.75, 3.05) is 5.01 Å². The van der Waals surface area contributed by atoms with Gasteiger partial charge in [0.2, 0.25) is 0 Å². The lowest BCUT2D eigenvalue weighted by Gasteiger charge is -2.10. The summed E-state index contributed by atoms with van der Waals surface area (Å²) in [6.07, 6.45) is 1.60. The van der Waals surface area contributed by atoms with E-state index >= 15 is 0 Å². The van der Waals surface area contributed by atoms with Crippen LogP contribution in [0.25, 0.3) is 17.4 Å². The first-order valence-electron chi connectivity index (χ1n) is 8.96. The predicted molar refractivity (Wildman–Crippen MR) is 111 cm³/mol. The Bertz CT molecular complexity index is 1180. The Hall–Kier alpha value is -4.00. The average molecular weight is 387 g/mol. The van der Waals surface area contributed by atoms with Gasteiger partial charge in [0.05, 0.1) is 27.5 Å². The van der Waals surface area contributed by atoms with Crippen LogP contribution in [0.3, 0.4) is 0 Å². The number of amides is 1. The summed E-state index contributed by atoms with van der Waals surface area (Å²) in [5, 5.41) is 17.0. The highest BCUT2D eigenvalue weighted by Gasteiger charge is 2.29. The summed E-state index contributed by atoms with van der Waals surface area (Å²) in [7, 11) is 0. The van der Waals surface area contributed by atoms with Crippen molar-refractivity contribution in [2.24, 2.45) is 5.10 Å². The third-order valence-corrected chi connectivity index (χ3v) is 4.59. The number of rotatable bonds is 4. The molecule has 1 aliphatic heterocycles. The molecule has 4 rings (SSSR count). The van der Waals surface area contributed by atoms with E-state index in [2.05, 4.69) is 5.10 Å². The number of nitrogens with zero attached hydrogens (tertiary/aromatic N) is 3. The second-order valence-electron chi connectivity index (χ2n) is 6.68. The van der Waals surface area contributed by atoms with E-state index in [9.17, 15) is 14.9 Å². The largest absolute Gasteiger partial charge is 0.456 e. The van der Waals surface area contributed by atoms with Crippen LogP contribution in [0.1, 0.15) is 18.2 Å². The molecule has 0 bridgehead atoms. The Kier molecular flexibility index (Phi) is 4.56. The average Bonchev–Trinajstić information content (AvgIpc) is 3.28. The fraction of sp³-hybridized carbons (Fsp3) is 0.0909. The summed E-state index contributed by atoms with van der Waals surface area (Å²) in [5.41, 5.74) is 2.81. The SMILES string of the molecule is CC1=NN(c2ccccc2)C(=O)C1=Cc1ccc(-c2ccc(C)cc2[N+](=O)[O-])o1. The van der Waals surface area contributed by atoms with Gasteiger partial charge in [-0.05, 0) is 55.8 Å². The van der Waals surface area contributed by atoms with Crippen LogP contribution in [0.5, 0.6) is 0 Å². The molecule has 0 saturated heterocycles. The van der Waals surface area contributed by atoms with Crippen molar-refractivity contribution in [3.63, 3.8) is 0 Å². The maximum atomic E-state index is 12.8. The van der Waals surface area contributed by atoms with Gasteiger partial charge in [-0.25, -0.2) is 0 Å². The van der Waals surface area contributed by atoms with Gasteiger partial charge < -0.3 is 4.42 Å². The molecule has 29 heavy (non-hydrogen) atoms. The van der Waals surface area contributed by atoms with Crippen LogP contribution in [-0.4, -0.2) is 16.5 Å². The first-order chi connectivity index (χ1) is 13.9. The lowest BCUT2D eigenvalue weighted by atomic mass is 10.1. The van der Waals surface area contributed by atoms with Crippen LogP contribution >= 0.6 is 0 Å². The summed E-state index contributed by atoms with van der Waals surface area (Å²) < 4.78 is 5.79. The molecule has 1 amide bonds. The maximum absolute atomic E-state index is 12.8. The van der Waals surface area contributed by atoms with Gasteiger partial charge in [0, 0.05) is 6.07 Å². The van der Waals surface area contributed by atoms with Crippen molar-refractivity contribution in [1.29, 1.82) is 0 Å². The molecular formula is C22H17N3O4.